The molecular weight excluding hydrogens is 313 g/mol. The number of halogens is 1. The molecule has 0 aliphatic carbocycles. The van der Waals surface area contributed by atoms with Crippen molar-refractivity contribution in [1.29, 1.82) is 0 Å². The second kappa shape index (κ2) is 5.29. The van der Waals surface area contributed by atoms with Crippen LogP contribution in [0.25, 0.3) is 11.0 Å². The predicted octanol–water partition coefficient (Wildman–Crippen LogP) is 1.75. The Morgan fingerprint density at radius 3 is 2.42 bits per heavy atom. The van der Waals surface area contributed by atoms with E-state index in [1.165, 1.54) is 15.2 Å². The van der Waals surface area contributed by atoms with Gasteiger partial charge in [0.05, 0.1) is 11.0 Å². The van der Waals surface area contributed by atoms with Crippen LogP contribution < -0.4 is 11.0 Å². The molecule has 2 heterocycles. The molecule has 1 aliphatic rings. The highest BCUT2D eigenvalue weighted by Gasteiger charge is 2.32. The number of amides is 2. The fourth-order valence-corrected chi connectivity index (χ4v) is 3.19. The minimum atomic E-state index is -0.807. The van der Waals surface area contributed by atoms with Gasteiger partial charge in [0.15, 0.2) is 0 Å². The van der Waals surface area contributed by atoms with Crippen molar-refractivity contribution in [3.63, 3.8) is 0 Å². The second-order valence-electron chi connectivity index (χ2n) is 7.25. The third kappa shape index (κ3) is 2.44. The van der Waals surface area contributed by atoms with Crippen molar-refractivity contribution in [2.24, 2.45) is 7.05 Å². The number of nitrogens with zero attached hydrogens (tertiary/aromatic N) is 2. The normalized spacial score (nSPS) is 19.0. The summed E-state index contributed by atoms with van der Waals surface area (Å²) in [6.07, 6.45) is 0.383. The largest absolute Gasteiger partial charge is 0.329 e. The maximum atomic E-state index is 14.6. The van der Waals surface area contributed by atoms with Crippen molar-refractivity contribution in [3.05, 3.63) is 34.0 Å². The molecule has 1 saturated heterocycles. The quantitative estimate of drug-likeness (QED) is 0.808. The van der Waals surface area contributed by atoms with Crippen LogP contribution in [0.2, 0.25) is 0 Å². The van der Waals surface area contributed by atoms with E-state index in [2.05, 4.69) is 5.32 Å². The lowest BCUT2D eigenvalue weighted by molar-refractivity contribution is -0.135. The first-order chi connectivity index (χ1) is 11.1. The van der Waals surface area contributed by atoms with Gasteiger partial charge >= 0.3 is 5.69 Å². The Labute approximate surface area is 138 Å². The molecule has 1 atom stereocenters. The average Bonchev–Trinajstić information content (AvgIpc) is 2.69. The van der Waals surface area contributed by atoms with Gasteiger partial charge in [0, 0.05) is 19.5 Å². The number of aryl methyl sites for hydroxylation is 1. The number of fused-ring (bicyclic) bond motifs is 1. The number of imidazole rings is 1. The molecule has 1 aliphatic heterocycles. The van der Waals surface area contributed by atoms with Crippen molar-refractivity contribution < 1.29 is 14.0 Å². The SMILES string of the molecule is Cn1c(=O)n([C@H]2CCC(=O)NC2=O)c2cc(F)c(C(C)(C)C)cc21. The van der Waals surface area contributed by atoms with Gasteiger partial charge < -0.3 is 0 Å². The van der Waals surface area contributed by atoms with Crippen molar-refractivity contribution in [2.45, 2.75) is 45.1 Å². The Hall–Kier alpha value is -2.44. The number of imide groups is 1. The molecule has 0 bridgehead atoms. The molecule has 2 amide bonds. The number of aromatic nitrogens is 2. The Balaban J connectivity index is 2.25. The zero-order chi connectivity index (χ0) is 17.8. The number of rotatable bonds is 1. The Morgan fingerprint density at radius 1 is 1.17 bits per heavy atom. The lowest BCUT2D eigenvalue weighted by atomic mass is 9.86. The summed E-state index contributed by atoms with van der Waals surface area (Å²) in [6.45, 7) is 5.69. The van der Waals surface area contributed by atoms with E-state index in [1.54, 1.807) is 13.1 Å². The zero-order valence-electron chi connectivity index (χ0n) is 14.1. The van der Waals surface area contributed by atoms with Crippen LogP contribution in [0.15, 0.2) is 16.9 Å². The van der Waals surface area contributed by atoms with E-state index in [-0.39, 0.29) is 18.7 Å². The summed E-state index contributed by atoms with van der Waals surface area (Å²) < 4.78 is 17.3. The molecule has 7 heteroatoms. The lowest BCUT2D eigenvalue weighted by Gasteiger charge is -2.23. The summed E-state index contributed by atoms with van der Waals surface area (Å²) in [6, 6.07) is 2.16. The summed E-state index contributed by atoms with van der Waals surface area (Å²) in [5.41, 5.74) is 0.625. The lowest BCUT2D eigenvalue weighted by Crippen LogP contribution is -2.44. The van der Waals surface area contributed by atoms with Crippen LogP contribution >= 0.6 is 0 Å². The fourth-order valence-electron chi connectivity index (χ4n) is 3.19. The van der Waals surface area contributed by atoms with Crippen molar-refractivity contribution in [1.82, 2.24) is 14.5 Å². The van der Waals surface area contributed by atoms with E-state index in [0.717, 1.165) is 0 Å². The zero-order valence-corrected chi connectivity index (χ0v) is 14.1. The number of carbonyl (C=O) groups excluding carboxylic acids is 2. The highest BCUT2D eigenvalue weighted by Crippen LogP contribution is 2.30. The Kier molecular flexibility index (Phi) is 3.62. The molecule has 1 N–H and O–H groups in total. The topological polar surface area (TPSA) is 73.1 Å². The molecule has 0 radical (unpaired) electrons. The highest BCUT2D eigenvalue weighted by atomic mass is 19.1. The van der Waals surface area contributed by atoms with Crippen LogP contribution in [-0.2, 0) is 22.1 Å². The third-order valence-electron chi connectivity index (χ3n) is 4.51. The van der Waals surface area contributed by atoms with Crippen LogP contribution in [0.3, 0.4) is 0 Å². The first kappa shape index (κ1) is 16.4. The number of benzene rings is 1. The number of carbonyl (C=O) groups is 2. The number of piperidine rings is 1. The van der Waals surface area contributed by atoms with Crippen LogP contribution in [0, 0.1) is 5.82 Å². The van der Waals surface area contributed by atoms with Gasteiger partial charge in [0.25, 0.3) is 0 Å². The summed E-state index contributed by atoms with van der Waals surface area (Å²) in [4.78, 5) is 36.1. The van der Waals surface area contributed by atoms with Gasteiger partial charge in [-0.3, -0.25) is 24.0 Å². The first-order valence-corrected chi connectivity index (χ1v) is 7.86. The molecular formula is C17H20FN3O3. The Morgan fingerprint density at radius 2 is 1.83 bits per heavy atom. The van der Waals surface area contributed by atoms with Crippen molar-refractivity contribution >= 4 is 22.8 Å². The number of nitrogens with one attached hydrogen (secondary N) is 1. The van der Waals surface area contributed by atoms with Crippen LogP contribution in [0.4, 0.5) is 4.39 Å². The molecule has 6 nitrogen and oxygen atoms in total. The van der Waals surface area contributed by atoms with E-state index < -0.39 is 28.9 Å². The molecule has 1 fully saturated rings. The van der Waals surface area contributed by atoms with Gasteiger partial charge in [-0.1, -0.05) is 20.8 Å². The molecule has 1 aromatic heterocycles. The van der Waals surface area contributed by atoms with Crippen LogP contribution in [-0.4, -0.2) is 20.9 Å². The van der Waals surface area contributed by atoms with E-state index in [4.69, 9.17) is 0 Å². The van der Waals surface area contributed by atoms with Gasteiger partial charge in [-0.15, -0.1) is 0 Å². The van der Waals surface area contributed by atoms with E-state index in [9.17, 15) is 18.8 Å². The number of hydrogen-bond acceptors (Lipinski definition) is 3. The van der Waals surface area contributed by atoms with E-state index in [0.29, 0.717) is 16.6 Å². The summed E-state index contributed by atoms with van der Waals surface area (Å²) in [5.74, 6) is -1.30. The van der Waals surface area contributed by atoms with Gasteiger partial charge in [0.1, 0.15) is 11.9 Å². The maximum Gasteiger partial charge on any atom is 0.329 e. The molecule has 1 aromatic carbocycles. The standard InChI is InChI=1S/C17H20FN3O3/c1-17(2,3)9-7-12-13(8-10(9)18)21(16(24)20(12)4)11-5-6-14(22)19-15(11)23/h7-8,11H,5-6H2,1-4H3,(H,19,22,23)/t11-/m0/s1. The summed E-state index contributed by atoms with van der Waals surface area (Å²) in [7, 11) is 1.59. The van der Waals surface area contributed by atoms with Gasteiger partial charge in [-0.05, 0) is 23.5 Å². The smallest absolute Gasteiger partial charge is 0.295 e. The maximum absolute atomic E-state index is 14.6. The van der Waals surface area contributed by atoms with E-state index in [1.807, 2.05) is 20.8 Å². The summed E-state index contributed by atoms with van der Waals surface area (Å²) in [5, 5.41) is 2.24. The van der Waals surface area contributed by atoms with Gasteiger partial charge in [-0.25, -0.2) is 9.18 Å². The monoisotopic (exact) mass is 333 g/mol. The minimum absolute atomic E-state index is 0.155. The molecule has 3 rings (SSSR count). The fraction of sp³-hybridized carbons (Fsp3) is 0.471. The molecule has 0 saturated carbocycles. The highest BCUT2D eigenvalue weighted by molar-refractivity contribution is 6.00. The first-order valence-electron chi connectivity index (χ1n) is 7.86. The molecule has 2 aromatic rings. The third-order valence-corrected chi connectivity index (χ3v) is 4.51. The van der Waals surface area contributed by atoms with E-state index >= 15 is 0 Å². The predicted molar refractivity (Wildman–Crippen MR) is 87.3 cm³/mol. The summed E-state index contributed by atoms with van der Waals surface area (Å²) >= 11 is 0. The van der Waals surface area contributed by atoms with Crippen molar-refractivity contribution in [3.8, 4) is 0 Å². The molecule has 128 valence electrons. The Bertz CT molecular complexity index is 918. The van der Waals surface area contributed by atoms with Crippen LogP contribution in [0.1, 0.15) is 45.2 Å². The molecule has 0 unspecified atom stereocenters. The number of hydrogen-bond donors (Lipinski definition) is 1. The molecule has 0 spiro atoms. The average molecular weight is 333 g/mol. The van der Waals surface area contributed by atoms with Gasteiger partial charge in [-0.2, -0.15) is 0 Å². The van der Waals surface area contributed by atoms with Crippen LogP contribution in [0.5, 0.6) is 0 Å². The van der Waals surface area contributed by atoms with Crippen molar-refractivity contribution in [2.75, 3.05) is 0 Å². The van der Waals surface area contributed by atoms with Gasteiger partial charge in [0.2, 0.25) is 11.8 Å². The second-order valence-corrected chi connectivity index (χ2v) is 7.25. The minimum Gasteiger partial charge on any atom is -0.295 e. The molecule has 24 heavy (non-hydrogen) atoms.